The zero-order valence-electron chi connectivity index (χ0n) is 9.84. The lowest BCUT2D eigenvalue weighted by Gasteiger charge is -2.15. The minimum absolute atomic E-state index is 0.304. The summed E-state index contributed by atoms with van der Waals surface area (Å²) in [6.07, 6.45) is 0. The molecule has 0 saturated carbocycles. The Labute approximate surface area is 99.5 Å². The van der Waals surface area contributed by atoms with Crippen LogP contribution in [0.4, 0.5) is 0 Å². The van der Waals surface area contributed by atoms with Crippen LogP contribution in [0.25, 0.3) is 0 Å². The van der Waals surface area contributed by atoms with Gasteiger partial charge in [-0.05, 0) is 26.2 Å². The van der Waals surface area contributed by atoms with E-state index < -0.39 is 0 Å². The van der Waals surface area contributed by atoms with Crippen LogP contribution in [0.3, 0.4) is 0 Å². The summed E-state index contributed by atoms with van der Waals surface area (Å²) in [5.41, 5.74) is 0.810. The van der Waals surface area contributed by atoms with E-state index in [9.17, 15) is 9.59 Å². The molecule has 0 bridgehead atoms. The van der Waals surface area contributed by atoms with E-state index in [2.05, 4.69) is 0 Å². The van der Waals surface area contributed by atoms with Crippen molar-refractivity contribution >= 4 is 11.8 Å². The molecule has 1 aromatic rings. The number of hydrogen-bond acceptors (Lipinski definition) is 4. The van der Waals surface area contributed by atoms with Gasteiger partial charge in [0.15, 0.2) is 0 Å². The largest absolute Gasteiger partial charge is 0.307 e. The minimum atomic E-state index is -0.385. The summed E-state index contributed by atoms with van der Waals surface area (Å²) in [7, 11) is 3.79. The third kappa shape index (κ3) is 2.20. The molecule has 0 atom stereocenters. The Morgan fingerprint density at radius 2 is 1.65 bits per heavy atom. The molecule has 1 aliphatic rings. The van der Waals surface area contributed by atoms with Gasteiger partial charge in [0.25, 0.3) is 11.8 Å². The van der Waals surface area contributed by atoms with Gasteiger partial charge in [-0.2, -0.15) is 0 Å². The summed E-state index contributed by atoms with van der Waals surface area (Å²) in [4.78, 5) is 30.8. The molecule has 0 unspecified atom stereocenters. The zero-order valence-corrected chi connectivity index (χ0v) is 9.84. The first-order chi connectivity index (χ1) is 8.11. The number of fused-ring (bicyclic) bond motifs is 1. The second kappa shape index (κ2) is 4.65. The lowest BCUT2D eigenvalue weighted by molar-refractivity contribution is -0.0938. The highest BCUT2D eigenvalue weighted by molar-refractivity contribution is 6.20. The lowest BCUT2D eigenvalue weighted by Crippen LogP contribution is -2.32. The van der Waals surface area contributed by atoms with Crippen molar-refractivity contribution in [1.29, 1.82) is 0 Å². The molecule has 0 aromatic heterocycles. The predicted octanol–water partition coefficient (Wildman–Crippen LogP) is 0.776. The van der Waals surface area contributed by atoms with Gasteiger partial charge >= 0.3 is 0 Å². The van der Waals surface area contributed by atoms with E-state index in [0.29, 0.717) is 24.3 Å². The van der Waals surface area contributed by atoms with Gasteiger partial charge in [-0.3, -0.25) is 14.4 Å². The number of imide groups is 1. The number of hydroxylamine groups is 2. The van der Waals surface area contributed by atoms with Gasteiger partial charge in [0.2, 0.25) is 0 Å². The molecule has 0 radical (unpaired) electrons. The Balaban J connectivity index is 2.08. The second-order valence-corrected chi connectivity index (χ2v) is 4.09. The maximum absolute atomic E-state index is 11.8. The molecule has 17 heavy (non-hydrogen) atoms. The lowest BCUT2D eigenvalue weighted by atomic mass is 10.1. The molecule has 0 fully saturated rings. The molecule has 1 aliphatic heterocycles. The van der Waals surface area contributed by atoms with E-state index in [1.54, 1.807) is 24.3 Å². The molecule has 2 amide bonds. The Bertz CT molecular complexity index is 422. The molecule has 1 heterocycles. The maximum atomic E-state index is 11.8. The van der Waals surface area contributed by atoms with Gasteiger partial charge in [0.1, 0.15) is 0 Å². The predicted molar refractivity (Wildman–Crippen MR) is 61.4 cm³/mol. The molecule has 90 valence electrons. The van der Waals surface area contributed by atoms with Gasteiger partial charge < -0.3 is 4.90 Å². The fourth-order valence-corrected chi connectivity index (χ4v) is 1.60. The second-order valence-electron chi connectivity index (χ2n) is 4.09. The summed E-state index contributed by atoms with van der Waals surface area (Å²) in [6, 6.07) is 6.72. The van der Waals surface area contributed by atoms with Gasteiger partial charge in [-0.15, -0.1) is 5.06 Å². The molecule has 0 saturated heterocycles. The summed E-state index contributed by atoms with van der Waals surface area (Å²) in [5, 5.41) is 0.841. The number of benzene rings is 1. The van der Waals surface area contributed by atoms with Crippen molar-refractivity contribution in [3.63, 3.8) is 0 Å². The number of amides is 2. The average molecular weight is 234 g/mol. The molecule has 0 aliphatic carbocycles. The number of rotatable bonds is 4. The molecule has 1 aromatic carbocycles. The van der Waals surface area contributed by atoms with Crippen molar-refractivity contribution in [2.24, 2.45) is 0 Å². The zero-order chi connectivity index (χ0) is 12.4. The number of hydrogen-bond donors (Lipinski definition) is 0. The summed E-state index contributed by atoms with van der Waals surface area (Å²) < 4.78 is 0. The molecular formula is C12H14N2O3. The van der Waals surface area contributed by atoms with Crippen LogP contribution in [0, 0.1) is 0 Å². The van der Waals surface area contributed by atoms with Crippen LogP contribution >= 0.6 is 0 Å². The quantitative estimate of drug-likeness (QED) is 0.722. The van der Waals surface area contributed by atoms with Crippen LogP contribution in [0.1, 0.15) is 20.7 Å². The first-order valence-corrected chi connectivity index (χ1v) is 5.36. The Kier molecular flexibility index (Phi) is 3.21. The van der Waals surface area contributed by atoms with Crippen LogP contribution in [0.15, 0.2) is 24.3 Å². The van der Waals surface area contributed by atoms with Crippen LogP contribution in [-0.4, -0.2) is 49.0 Å². The van der Waals surface area contributed by atoms with Crippen molar-refractivity contribution in [3.8, 4) is 0 Å². The molecule has 5 heteroatoms. The molecule has 0 spiro atoms. The van der Waals surface area contributed by atoms with E-state index in [4.69, 9.17) is 4.84 Å². The van der Waals surface area contributed by atoms with Crippen LogP contribution < -0.4 is 0 Å². The Morgan fingerprint density at radius 3 is 2.12 bits per heavy atom. The van der Waals surface area contributed by atoms with E-state index in [0.717, 1.165) is 5.06 Å². The maximum Gasteiger partial charge on any atom is 0.285 e. The van der Waals surface area contributed by atoms with Crippen molar-refractivity contribution in [2.45, 2.75) is 0 Å². The number of carbonyl (C=O) groups is 2. The number of likely N-dealkylation sites (N-methyl/N-ethyl adjacent to an activating group) is 1. The van der Waals surface area contributed by atoms with Gasteiger partial charge in [-0.1, -0.05) is 12.1 Å². The van der Waals surface area contributed by atoms with E-state index in [1.165, 1.54) is 0 Å². The summed E-state index contributed by atoms with van der Waals surface area (Å²) in [6.45, 7) is 0.950. The van der Waals surface area contributed by atoms with Crippen LogP contribution in [0.5, 0.6) is 0 Å². The molecule has 5 nitrogen and oxygen atoms in total. The SMILES string of the molecule is CN(C)CCON1C(=O)c2ccccc2C1=O. The average Bonchev–Trinajstić information content (AvgIpc) is 2.54. The van der Waals surface area contributed by atoms with Gasteiger partial charge in [0.05, 0.1) is 17.7 Å². The minimum Gasteiger partial charge on any atom is -0.307 e. The van der Waals surface area contributed by atoms with Crippen molar-refractivity contribution < 1.29 is 14.4 Å². The van der Waals surface area contributed by atoms with Crippen molar-refractivity contribution in [3.05, 3.63) is 35.4 Å². The topological polar surface area (TPSA) is 49.9 Å². The van der Waals surface area contributed by atoms with Crippen LogP contribution in [-0.2, 0) is 4.84 Å². The highest BCUT2D eigenvalue weighted by Gasteiger charge is 2.36. The normalized spacial score (nSPS) is 14.6. The first kappa shape index (κ1) is 11.8. The Hall–Kier alpha value is -1.72. The number of carbonyl (C=O) groups excluding carboxylic acids is 2. The van der Waals surface area contributed by atoms with E-state index >= 15 is 0 Å². The van der Waals surface area contributed by atoms with Gasteiger partial charge in [0, 0.05) is 6.54 Å². The summed E-state index contributed by atoms with van der Waals surface area (Å²) in [5.74, 6) is -0.770. The van der Waals surface area contributed by atoms with Crippen molar-refractivity contribution in [2.75, 3.05) is 27.2 Å². The van der Waals surface area contributed by atoms with Crippen molar-refractivity contribution in [1.82, 2.24) is 9.96 Å². The molecular weight excluding hydrogens is 220 g/mol. The first-order valence-electron chi connectivity index (χ1n) is 5.36. The monoisotopic (exact) mass is 234 g/mol. The van der Waals surface area contributed by atoms with E-state index in [-0.39, 0.29) is 11.8 Å². The fraction of sp³-hybridized carbons (Fsp3) is 0.333. The number of nitrogens with zero attached hydrogens (tertiary/aromatic N) is 2. The van der Waals surface area contributed by atoms with Crippen LogP contribution in [0.2, 0.25) is 0 Å². The molecule has 0 N–H and O–H groups in total. The smallest absolute Gasteiger partial charge is 0.285 e. The van der Waals surface area contributed by atoms with Gasteiger partial charge in [-0.25, -0.2) is 0 Å². The summed E-state index contributed by atoms with van der Waals surface area (Å²) >= 11 is 0. The fourth-order valence-electron chi connectivity index (χ4n) is 1.60. The Morgan fingerprint density at radius 1 is 1.12 bits per heavy atom. The highest BCUT2D eigenvalue weighted by atomic mass is 16.7. The standard InChI is InChI=1S/C12H14N2O3/c1-13(2)7-8-17-14-11(15)9-5-3-4-6-10(9)12(14)16/h3-6H,7-8H2,1-2H3. The highest BCUT2D eigenvalue weighted by Crippen LogP contribution is 2.22. The third-order valence-electron chi connectivity index (χ3n) is 2.52. The third-order valence-corrected chi connectivity index (χ3v) is 2.52. The molecule has 2 rings (SSSR count). The van der Waals surface area contributed by atoms with E-state index in [1.807, 2.05) is 19.0 Å².